The molecule has 288 valence electrons. The van der Waals surface area contributed by atoms with Gasteiger partial charge in [-0.1, -0.05) is 42.5 Å². The first-order valence-corrected chi connectivity index (χ1v) is 18.9. The van der Waals surface area contributed by atoms with E-state index in [2.05, 4.69) is 10.6 Å². The van der Waals surface area contributed by atoms with Crippen LogP contribution in [0.4, 0.5) is 9.59 Å². The second kappa shape index (κ2) is 14.1. The molecule has 4 aliphatic rings. The number of nitrogens with one attached hydrogen (secondary N) is 2. The molecule has 4 saturated heterocycles. The SMILES string of the molecule is CC1(C)S[C@@H]2[C@H](NC(=O)C(NC(=O)OCc3ccccc3)c3ccc(OC(=O)OCOC(=O)[C@@H]4N5C(=O)C[C@H]5S(=O)(=O)C4(C)C)cc3)C(=O)N2[C@H]1C(=O)O. The lowest BCUT2D eigenvalue weighted by Gasteiger charge is -2.44. The maximum atomic E-state index is 13.7. The van der Waals surface area contributed by atoms with Crippen LogP contribution >= 0.6 is 11.8 Å². The van der Waals surface area contributed by atoms with Crippen LogP contribution in [0.1, 0.15) is 51.3 Å². The Morgan fingerprint density at radius 1 is 0.926 bits per heavy atom. The molecular formula is C34H36N4O14S2. The molecule has 6 rings (SSSR count). The van der Waals surface area contributed by atoms with Gasteiger partial charge in [-0.05, 0) is 51.0 Å². The second-order valence-corrected chi connectivity index (χ2v) is 18.3. The van der Waals surface area contributed by atoms with Gasteiger partial charge >= 0.3 is 24.2 Å². The van der Waals surface area contributed by atoms with Crippen LogP contribution in [0.2, 0.25) is 0 Å². The van der Waals surface area contributed by atoms with Gasteiger partial charge in [-0.15, -0.1) is 11.8 Å². The highest BCUT2D eigenvalue weighted by Crippen LogP contribution is 2.51. The quantitative estimate of drug-likeness (QED) is 0.126. The Morgan fingerprint density at radius 3 is 2.22 bits per heavy atom. The average molecular weight is 789 g/mol. The Morgan fingerprint density at radius 2 is 1.59 bits per heavy atom. The molecule has 4 aliphatic heterocycles. The third-order valence-electron chi connectivity index (χ3n) is 9.70. The number of benzene rings is 2. The number of rotatable bonds is 11. The van der Waals surface area contributed by atoms with Gasteiger partial charge in [0.1, 0.15) is 47.3 Å². The lowest BCUT2D eigenvalue weighted by molar-refractivity contribution is -0.167. The smallest absolute Gasteiger partial charge is 0.480 e. The summed E-state index contributed by atoms with van der Waals surface area (Å²) in [4.78, 5) is 90.8. The number of nitrogens with zero attached hydrogens (tertiary/aromatic N) is 2. The van der Waals surface area contributed by atoms with Crippen molar-refractivity contribution in [3.63, 3.8) is 0 Å². The number of hydrogen-bond donors (Lipinski definition) is 3. The number of hydrogen-bond acceptors (Lipinski definition) is 14. The van der Waals surface area contributed by atoms with Gasteiger partial charge in [0.2, 0.25) is 24.5 Å². The molecule has 0 aliphatic carbocycles. The first-order chi connectivity index (χ1) is 25.3. The van der Waals surface area contributed by atoms with E-state index in [9.17, 15) is 47.1 Å². The fourth-order valence-electron chi connectivity index (χ4n) is 6.84. The molecule has 0 saturated carbocycles. The number of carbonyl (C=O) groups is 7. The number of fused-ring (bicyclic) bond motifs is 2. The minimum Gasteiger partial charge on any atom is -0.480 e. The number of alkyl carbamates (subject to hydrolysis) is 1. The Hall–Kier alpha value is -5.37. The number of ether oxygens (including phenoxy) is 4. The zero-order chi connectivity index (χ0) is 39.3. The molecule has 1 unspecified atom stereocenters. The van der Waals surface area contributed by atoms with E-state index >= 15 is 0 Å². The molecule has 2 aromatic carbocycles. The van der Waals surface area contributed by atoms with Gasteiger partial charge in [-0.3, -0.25) is 14.4 Å². The molecule has 54 heavy (non-hydrogen) atoms. The summed E-state index contributed by atoms with van der Waals surface area (Å²) in [5, 5.41) is 13.0. The molecule has 3 N–H and O–H groups in total. The molecule has 4 fully saturated rings. The zero-order valence-electron chi connectivity index (χ0n) is 29.2. The summed E-state index contributed by atoms with van der Waals surface area (Å²) in [5.74, 6) is -4.26. The van der Waals surface area contributed by atoms with Crippen molar-refractivity contribution in [3.05, 3.63) is 65.7 Å². The fourth-order valence-corrected chi connectivity index (χ4v) is 10.6. The topological polar surface area (TPSA) is 241 Å². The normalized spacial score (nSPS) is 25.8. The number of carboxylic acid groups (broad SMARTS) is 1. The van der Waals surface area contributed by atoms with Crippen molar-refractivity contribution in [1.82, 2.24) is 20.4 Å². The summed E-state index contributed by atoms with van der Waals surface area (Å²) < 4.78 is 43.2. The summed E-state index contributed by atoms with van der Waals surface area (Å²) in [6.07, 6.45) is -2.51. The van der Waals surface area contributed by atoms with Gasteiger partial charge in [-0.25, -0.2) is 27.6 Å². The Bertz CT molecular complexity index is 2010. The van der Waals surface area contributed by atoms with Crippen LogP contribution in [0.3, 0.4) is 0 Å². The van der Waals surface area contributed by atoms with E-state index in [4.69, 9.17) is 18.9 Å². The average Bonchev–Trinajstić information content (AvgIpc) is 3.44. The minimum absolute atomic E-state index is 0.0907. The number of β-lactam (4-membered cyclic amide) rings is 2. The third kappa shape index (κ3) is 6.78. The van der Waals surface area contributed by atoms with E-state index in [1.807, 2.05) is 0 Å². The maximum Gasteiger partial charge on any atom is 0.516 e. The number of carboxylic acids is 1. The highest BCUT2D eigenvalue weighted by Gasteiger charge is 2.68. The summed E-state index contributed by atoms with van der Waals surface area (Å²) in [5.41, 5.74) is 0.860. The van der Waals surface area contributed by atoms with Crippen molar-refractivity contribution in [2.75, 3.05) is 6.79 Å². The van der Waals surface area contributed by atoms with Crippen LogP contribution in [0.25, 0.3) is 0 Å². The van der Waals surface area contributed by atoms with Gasteiger partial charge in [0.15, 0.2) is 9.84 Å². The standard InChI is InChI=1S/C34H36N4O14S2/c1-33(2)24(29(42)43)38-27(41)23(28(38)53-33)35-26(40)22(36-31(45)49-15-17-8-6-5-7-9-17)18-10-12-19(13-11-18)52-32(46)51-16-50-30(44)25-34(3,4)54(47,48)21-14-20(39)37(21)25/h5-13,21-25,28H,14-16H2,1-4H3,(H,35,40)(H,36,45)(H,42,43)/t21-,22?,23-,24+,25+,28-/m1/s1. The number of sulfone groups is 1. The summed E-state index contributed by atoms with van der Waals surface area (Å²) >= 11 is 1.23. The van der Waals surface area contributed by atoms with Crippen molar-refractivity contribution < 1.29 is 66.0 Å². The molecule has 4 heterocycles. The predicted molar refractivity (Wildman–Crippen MR) is 185 cm³/mol. The molecule has 18 nitrogen and oxygen atoms in total. The maximum absolute atomic E-state index is 13.7. The van der Waals surface area contributed by atoms with Crippen LogP contribution in [-0.2, 0) is 54.6 Å². The van der Waals surface area contributed by atoms with E-state index in [0.717, 1.165) is 4.90 Å². The lowest BCUT2D eigenvalue weighted by atomic mass is 9.95. The van der Waals surface area contributed by atoms with Gasteiger partial charge in [0.25, 0.3) is 0 Å². The highest BCUT2D eigenvalue weighted by molar-refractivity contribution is 8.01. The molecule has 0 aromatic heterocycles. The molecule has 0 spiro atoms. The van der Waals surface area contributed by atoms with E-state index in [1.54, 1.807) is 44.2 Å². The van der Waals surface area contributed by atoms with Crippen LogP contribution in [-0.4, -0.2) is 110 Å². The van der Waals surface area contributed by atoms with Crippen molar-refractivity contribution in [2.24, 2.45) is 0 Å². The predicted octanol–water partition coefficient (Wildman–Crippen LogP) is 1.44. The number of thioether (sulfide) groups is 1. The summed E-state index contributed by atoms with van der Waals surface area (Å²) in [6.45, 7) is 4.93. The molecule has 4 amide bonds. The van der Waals surface area contributed by atoms with Crippen molar-refractivity contribution in [3.8, 4) is 5.75 Å². The van der Waals surface area contributed by atoms with Gasteiger partial charge in [-0.2, -0.15) is 0 Å². The highest BCUT2D eigenvalue weighted by atomic mass is 32.2. The van der Waals surface area contributed by atoms with E-state index in [1.165, 1.54) is 54.8 Å². The molecule has 2 aromatic rings. The van der Waals surface area contributed by atoms with Crippen LogP contribution < -0.4 is 15.4 Å². The first kappa shape index (κ1) is 38.4. The number of carbonyl (C=O) groups excluding carboxylic acids is 6. The molecule has 6 atom stereocenters. The largest absolute Gasteiger partial charge is 0.516 e. The van der Waals surface area contributed by atoms with Crippen LogP contribution in [0.5, 0.6) is 5.75 Å². The third-order valence-corrected chi connectivity index (χ3v) is 14.1. The van der Waals surface area contributed by atoms with Crippen molar-refractivity contribution in [2.45, 2.75) is 85.1 Å². The van der Waals surface area contributed by atoms with E-state index in [-0.39, 0.29) is 24.3 Å². The van der Waals surface area contributed by atoms with Crippen LogP contribution in [0, 0.1) is 0 Å². The van der Waals surface area contributed by atoms with E-state index in [0.29, 0.717) is 5.56 Å². The first-order valence-electron chi connectivity index (χ1n) is 16.5. The lowest BCUT2D eigenvalue weighted by Crippen LogP contribution is -2.71. The zero-order valence-corrected chi connectivity index (χ0v) is 30.9. The molecular weight excluding hydrogens is 753 g/mol. The van der Waals surface area contributed by atoms with Crippen molar-refractivity contribution >= 4 is 63.5 Å². The molecule has 20 heteroatoms. The minimum atomic E-state index is -3.85. The molecule has 0 bridgehead atoms. The van der Waals surface area contributed by atoms with Gasteiger partial charge < -0.3 is 44.5 Å². The summed E-state index contributed by atoms with van der Waals surface area (Å²) in [6, 6.07) is 8.97. The Labute approximate surface area is 312 Å². The second-order valence-electron chi connectivity index (χ2n) is 13.9. The Kier molecular flexibility index (Phi) is 10.0. The van der Waals surface area contributed by atoms with Gasteiger partial charge in [0.05, 0.1) is 11.2 Å². The monoisotopic (exact) mass is 788 g/mol. The summed E-state index contributed by atoms with van der Waals surface area (Å²) in [7, 11) is -3.85. The van der Waals surface area contributed by atoms with Crippen LogP contribution in [0.15, 0.2) is 54.6 Å². The number of aliphatic carboxylic acids is 1. The Balaban J connectivity index is 1.08. The van der Waals surface area contributed by atoms with Crippen molar-refractivity contribution in [1.29, 1.82) is 0 Å². The van der Waals surface area contributed by atoms with E-state index < -0.39 is 103 Å². The molecule has 0 radical (unpaired) electrons. The van der Waals surface area contributed by atoms with Gasteiger partial charge in [0, 0.05) is 4.75 Å². The fraction of sp³-hybridized carbons (Fsp3) is 0.441. The number of esters is 1. The number of amides is 4.